The van der Waals surface area contributed by atoms with Gasteiger partial charge in [0.25, 0.3) is 0 Å². The Morgan fingerprint density at radius 1 is 1.24 bits per heavy atom. The van der Waals surface area contributed by atoms with E-state index in [4.69, 9.17) is 9.47 Å². The molecule has 0 aliphatic carbocycles. The second kappa shape index (κ2) is 8.83. The van der Waals surface area contributed by atoms with E-state index in [1.807, 2.05) is 25.1 Å². The highest BCUT2D eigenvalue weighted by Gasteiger charge is 2.08. The van der Waals surface area contributed by atoms with Crippen LogP contribution >= 0.6 is 22.6 Å². The maximum Gasteiger partial charge on any atom is 0.0765 e. The molecule has 0 spiro atoms. The van der Waals surface area contributed by atoms with Crippen LogP contribution in [0.4, 0.5) is 0 Å². The zero-order valence-electron chi connectivity index (χ0n) is 10.5. The summed E-state index contributed by atoms with van der Waals surface area (Å²) in [7, 11) is 0. The minimum Gasteiger partial charge on any atom is -0.379 e. The molecule has 0 aliphatic heterocycles. The summed E-state index contributed by atoms with van der Waals surface area (Å²) >= 11 is 2.36. The van der Waals surface area contributed by atoms with Crippen molar-refractivity contribution in [3.05, 3.63) is 29.6 Å². The summed E-state index contributed by atoms with van der Waals surface area (Å²) in [6.07, 6.45) is 1.06. The first-order valence-electron chi connectivity index (χ1n) is 5.97. The SMILES string of the molecule is CCCOCCOCC(I)c1cccc(C)n1. The molecule has 1 heterocycles. The van der Waals surface area contributed by atoms with Crippen LogP contribution in [0.3, 0.4) is 0 Å². The number of rotatable bonds is 8. The molecule has 4 heteroatoms. The largest absolute Gasteiger partial charge is 0.379 e. The summed E-state index contributed by atoms with van der Waals surface area (Å²) in [5, 5.41) is 0. The van der Waals surface area contributed by atoms with Gasteiger partial charge in [-0.25, -0.2) is 0 Å². The van der Waals surface area contributed by atoms with E-state index in [0.29, 0.717) is 23.7 Å². The number of aromatic nitrogens is 1. The lowest BCUT2D eigenvalue weighted by Crippen LogP contribution is -2.09. The van der Waals surface area contributed by atoms with Gasteiger partial charge in [0.2, 0.25) is 0 Å². The van der Waals surface area contributed by atoms with E-state index in [1.54, 1.807) is 0 Å². The Balaban J connectivity index is 2.19. The van der Waals surface area contributed by atoms with Gasteiger partial charge in [-0.2, -0.15) is 0 Å². The highest BCUT2D eigenvalue weighted by molar-refractivity contribution is 14.1. The van der Waals surface area contributed by atoms with Crippen molar-refractivity contribution in [3.63, 3.8) is 0 Å². The number of hydrogen-bond donors (Lipinski definition) is 0. The Morgan fingerprint density at radius 3 is 2.71 bits per heavy atom. The third kappa shape index (κ3) is 6.33. The smallest absolute Gasteiger partial charge is 0.0765 e. The molecule has 3 nitrogen and oxygen atoms in total. The molecule has 1 aromatic rings. The number of halogens is 1. The van der Waals surface area contributed by atoms with Gasteiger partial charge in [-0.15, -0.1) is 0 Å². The summed E-state index contributed by atoms with van der Waals surface area (Å²) in [4.78, 5) is 4.48. The lowest BCUT2D eigenvalue weighted by molar-refractivity contribution is 0.0493. The zero-order valence-corrected chi connectivity index (χ0v) is 12.6. The molecule has 0 amide bonds. The fourth-order valence-electron chi connectivity index (χ4n) is 1.38. The Morgan fingerprint density at radius 2 is 2.00 bits per heavy atom. The van der Waals surface area contributed by atoms with Crippen molar-refractivity contribution < 1.29 is 9.47 Å². The van der Waals surface area contributed by atoms with Gasteiger partial charge < -0.3 is 9.47 Å². The first-order chi connectivity index (χ1) is 8.24. The standard InChI is InChI=1S/C13H20INO2/c1-3-7-16-8-9-17-10-12(14)13-6-4-5-11(2)15-13/h4-6,12H,3,7-10H2,1-2H3. The van der Waals surface area contributed by atoms with Gasteiger partial charge in [-0.3, -0.25) is 4.98 Å². The van der Waals surface area contributed by atoms with Gasteiger partial charge in [-0.05, 0) is 25.5 Å². The van der Waals surface area contributed by atoms with Crippen molar-refractivity contribution in [2.45, 2.75) is 24.2 Å². The minimum atomic E-state index is 0.304. The first kappa shape index (κ1) is 14.9. The van der Waals surface area contributed by atoms with E-state index < -0.39 is 0 Å². The fraction of sp³-hybridized carbons (Fsp3) is 0.615. The fourth-order valence-corrected chi connectivity index (χ4v) is 1.98. The molecule has 1 unspecified atom stereocenters. The summed E-state index contributed by atoms with van der Waals surface area (Å²) < 4.78 is 11.2. The van der Waals surface area contributed by atoms with Gasteiger partial charge >= 0.3 is 0 Å². The van der Waals surface area contributed by atoms with Crippen LogP contribution in [0.1, 0.15) is 28.7 Å². The highest BCUT2D eigenvalue weighted by atomic mass is 127. The Kier molecular flexibility index (Phi) is 7.72. The lowest BCUT2D eigenvalue weighted by Gasteiger charge is -2.11. The molecule has 17 heavy (non-hydrogen) atoms. The number of alkyl halides is 1. The second-order valence-corrected chi connectivity index (χ2v) is 5.36. The van der Waals surface area contributed by atoms with Crippen molar-refractivity contribution in [3.8, 4) is 0 Å². The van der Waals surface area contributed by atoms with Crippen LogP contribution in [-0.2, 0) is 9.47 Å². The predicted octanol–water partition coefficient (Wildman–Crippen LogP) is 3.31. The van der Waals surface area contributed by atoms with Gasteiger partial charge in [0.05, 0.1) is 29.4 Å². The van der Waals surface area contributed by atoms with Crippen LogP contribution in [0, 0.1) is 6.92 Å². The number of pyridine rings is 1. The predicted molar refractivity (Wildman–Crippen MR) is 77.7 cm³/mol. The first-order valence-corrected chi connectivity index (χ1v) is 7.21. The van der Waals surface area contributed by atoms with Crippen LogP contribution in [-0.4, -0.2) is 31.4 Å². The zero-order chi connectivity index (χ0) is 12.5. The molecule has 1 atom stereocenters. The molecular formula is C13H20INO2. The quantitative estimate of drug-likeness (QED) is 0.410. The van der Waals surface area contributed by atoms with Gasteiger partial charge in [0, 0.05) is 12.3 Å². The normalized spacial score (nSPS) is 12.6. The molecule has 0 bridgehead atoms. The molecule has 0 saturated carbocycles. The molecule has 0 aliphatic rings. The second-order valence-electron chi connectivity index (χ2n) is 3.86. The molecule has 0 aromatic carbocycles. The maximum atomic E-state index is 5.56. The summed E-state index contributed by atoms with van der Waals surface area (Å²) in [6.45, 7) is 6.95. The topological polar surface area (TPSA) is 31.4 Å². The molecule has 0 N–H and O–H groups in total. The molecular weight excluding hydrogens is 329 g/mol. The summed E-state index contributed by atoms with van der Waals surface area (Å²) in [5.74, 6) is 0. The average molecular weight is 349 g/mol. The van der Waals surface area contributed by atoms with E-state index >= 15 is 0 Å². The lowest BCUT2D eigenvalue weighted by atomic mass is 10.2. The Hall–Kier alpha value is -0.200. The van der Waals surface area contributed by atoms with Crippen LogP contribution < -0.4 is 0 Å². The van der Waals surface area contributed by atoms with Crippen molar-refractivity contribution >= 4 is 22.6 Å². The summed E-state index contributed by atoms with van der Waals surface area (Å²) in [6, 6.07) is 6.08. The van der Waals surface area contributed by atoms with Crippen LogP contribution in [0.15, 0.2) is 18.2 Å². The molecule has 96 valence electrons. The minimum absolute atomic E-state index is 0.304. The monoisotopic (exact) mass is 349 g/mol. The maximum absolute atomic E-state index is 5.56. The van der Waals surface area contributed by atoms with Crippen molar-refractivity contribution in [2.75, 3.05) is 26.4 Å². The highest BCUT2D eigenvalue weighted by Crippen LogP contribution is 2.21. The molecule has 1 rings (SSSR count). The number of nitrogens with zero attached hydrogens (tertiary/aromatic N) is 1. The third-order valence-electron chi connectivity index (χ3n) is 2.22. The molecule has 0 fully saturated rings. The van der Waals surface area contributed by atoms with Gasteiger partial charge in [0.15, 0.2) is 0 Å². The van der Waals surface area contributed by atoms with Crippen molar-refractivity contribution in [1.82, 2.24) is 4.98 Å². The van der Waals surface area contributed by atoms with E-state index in [9.17, 15) is 0 Å². The molecule has 0 saturated heterocycles. The van der Waals surface area contributed by atoms with Crippen molar-refractivity contribution in [2.24, 2.45) is 0 Å². The number of hydrogen-bond acceptors (Lipinski definition) is 3. The molecule has 0 radical (unpaired) electrons. The van der Waals surface area contributed by atoms with Crippen LogP contribution in [0.5, 0.6) is 0 Å². The summed E-state index contributed by atoms with van der Waals surface area (Å²) in [5.41, 5.74) is 2.13. The van der Waals surface area contributed by atoms with Gasteiger partial charge in [-0.1, -0.05) is 35.6 Å². The number of aryl methyl sites for hydroxylation is 1. The average Bonchev–Trinajstić information content (AvgIpc) is 2.33. The van der Waals surface area contributed by atoms with E-state index in [-0.39, 0.29) is 0 Å². The van der Waals surface area contributed by atoms with Crippen LogP contribution in [0.25, 0.3) is 0 Å². The van der Waals surface area contributed by atoms with E-state index in [2.05, 4.69) is 34.5 Å². The van der Waals surface area contributed by atoms with E-state index in [0.717, 1.165) is 24.4 Å². The van der Waals surface area contributed by atoms with E-state index in [1.165, 1.54) is 0 Å². The number of ether oxygens (including phenoxy) is 2. The molecule has 1 aromatic heterocycles. The Bertz CT molecular complexity index is 320. The Labute approximate surface area is 117 Å². The van der Waals surface area contributed by atoms with Crippen LogP contribution in [0.2, 0.25) is 0 Å². The third-order valence-corrected chi connectivity index (χ3v) is 3.21. The van der Waals surface area contributed by atoms with Gasteiger partial charge in [0.1, 0.15) is 0 Å². The van der Waals surface area contributed by atoms with Crippen molar-refractivity contribution in [1.29, 1.82) is 0 Å².